The lowest BCUT2D eigenvalue weighted by Gasteiger charge is -2.23. The predicted molar refractivity (Wildman–Crippen MR) is 164 cm³/mol. The molecule has 0 saturated heterocycles. The largest absolute Gasteiger partial charge is 0.493 e. The van der Waals surface area contributed by atoms with Crippen molar-refractivity contribution in [1.82, 2.24) is 4.57 Å². The highest BCUT2D eigenvalue weighted by Crippen LogP contribution is 2.35. The molecule has 5 rings (SSSR count). The molecule has 10 heteroatoms. The van der Waals surface area contributed by atoms with Gasteiger partial charge < -0.3 is 23.7 Å². The minimum atomic E-state index is -0.774. The number of fused-ring (bicyclic) bond motifs is 1. The smallest absolute Gasteiger partial charge is 0.337 e. The van der Waals surface area contributed by atoms with Crippen molar-refractivity contribution in [2.75, 3.05) is 27.4 Å². The Morgan fingerprint density at radius 1 is 0.907 bits per heavy atom. The number of carbonyl (C=O) groups is 1. The molecule has 0 aliphatic carbocycles. The van der Waals surface area contributed by atoms with E-state index in [1.54, 1.807) is 25.3 Å². The molecule has 1 aromatic heterocycles. The molecule has 0 unspecified atom stereocenters. The van der Waals surface area contributed by atoms with Gasteiger partial charge >= 0.3 is 5.97 Å². The molecular weight excluding hydrogens is 568 g/mol. The van der Waals surface area contributed by atoms with Crippen LogP contribution >= 0.6 is 11.3 Å². The highest BCUT2D eigenvalue weighted by Gasteiger charge is 2.31. The number of aromatic nitrogens is 1. The molecule has 0 N–H and O–H groups in total. The first kappa shape index (κ1) is 29.7. The summed E-state index contributed by atoms with van der Waals surface area (Å²) in [6, 6.07) is 20.0. The molecule has 0 radical (unpaired) electrons. The van der Waals surface area contributed by atoms with Gasteiger partial charge in [-0.25, -0.2) is 9.79 Å². The summed E-state index contributed by atoms with van der Waals surface area (Å²) in [5.41, 5.74) is 2.38. The van der Waals surface area contributed by atoms with Crippen LogP contribution in [0.2, 0.25) is 0 Å². The number of hydrogen-bond acceptors (Lipinski definition) is 9. The van der Waals surface area contributed by atoms with Gasteiger partial charge in [-0.05, 0) is 60.9 Å². The van der Waals surface area contributed by atoms with Crippen LogP contribution < -0.4 is 33.8 Å². The maximum atomic E-state index is 13.9. The molecular formula is C33H32N2O7S. The molecule has 0 bridgehead atoms. The van der Waals surface area contributed by atoms with Crippen LogP contribution in [0.1, 0.15) is 36.6 Å². The third-order valence-electron chi connectivity index (χ3n) is 6.73. The molecule has 222 valence electrons. The van der Waals surface area contributed by atoms with E-state index >= 15 is 0 Å². The second kappa shape index (κ2) is 13.4. The summed E-state index contributed by atoms with van der Waals surface area (Å²) in [5, 5.41) is 0. The van der Waals surface area contributed by atoms with Crippen LogP contribution in [0.25, 0.3) is 6.08 Å². The maximum Gasteiger partial charge on any atom is 0.337 e. The molecule has 1 aliphatic heterocycles. The highest BCUT2D eigenvalue weighted by molar-refractivity contribution is 7.07. The summed E-state index contributed by atoms with van der Waals surface area (Å²) in [5.74, 6) is 1.65. The third kappa shape index (κ3) is 6.34. The third-order valence-corrected chi connectivity index (χ3v) is 7.73. The van der Waals surface area contributed by atoms with Gasteiger partial charge in [-0.15, -0.1) is 0 Å². The van der Waals surface area contributed by atoms with E-state index in [1.807, 2.05) is 68.4 Å². The second-order valence-corrected chi connectivity index (χ2v) is 10.4. The number of benzene rings is 3. The number of ether oxygens (including phenoxy) is 5. The topological polar surface area (TPSA) is 97.6 Å². The first-order valence-electron chi connectivity index (χ1n) is 13.8. The fourth-order valence-corrected chi connectivity index (χ4v) is 5.74. The number of nitrogens with zero attached hydrogens (tertiary/aromatic N) is 2. The maximum absolute atomic E-state index is 13.9. The van der Waals surface area contributed by atoms with Gasteiger partial charge in [0.15, 0.2) is 27.8 Å². The van der Waals surface area contributed by atoms with Crippen LogP contribution in [-0.2, 0) is 16.1 Å². The summed E-state index contributed by atoms with van der Waals surface area (Å²) >= 11 is 1.23. The average molecular weight is 601 g/mol. The van der Waals surface area contributed by atoms with Gasteiger partial charge in [0, 0.05) is 6.20 Å². The zero-order valence-corrected chi connectivity index (χ0v) is 25.2. The van der Waals surface area contributed by atoms with Crippen LogP contribution in [0.4, 0.5) is 0 Å². The molecule has 2 heterocycles. The number of methoxy groups -OCH3 is 2. The SMILES string of the molecule is CCOc1ccc([C@@H]2C(C(=O)OC)=CN=c3s/c(=C\c4ccc(OCc5ccccc5)c(OC)c4)c(=O)n32)cc1OCC. The van der Waals surface area contributed by atoms with E-state index in [4.69, 9.17) is 23.7 Å². The molecule has 9 nitrogen and oxygen atoms in total. The first-order chi connectivity index (χ1) is 21.0. The molecule has 0 fully saturated rings. The van der Waals surface area contributed by atoms with Gasteiger partial charge in [-0.2, -0.15) is 0 Å². The Labute approximate surface area is 252 Å². The summed E-state index contributed by atoms with van der Waals surface area (Å²) in [6.07, 6.45) is 3.24. The van der Waals surface area contributed by atoms with Crippen LogP contribution in [0.5, 0.6) is 23.0 Å². The molecule has 1 atom stereocenters. The fraction of sp³-hybridized carbons (Fsp3) is 0.242. The summed E-state index contributed by atoms with van der Waals surface area (Å²) in [7, 11) is 2.87. The van der Waals surface area contributed by atoms with Gasteiger partial charge in [0.25, 0.3) is 5.56 Å². The van der Waals surface area contributed by atoms with E-state index in [2.05, 4.69) is 4.99 Å². The number of esters is 1. The van der Waals surface area contributed by atoms with Crippen molar-refractivity contribution in [3.05, 3.63) is 115 Å². The fourth-order valence-electron chi connectivity index (χ4n) is 4.77. The van der Waals surface area contributed by atoms with E-state index in [-0.39, 0.29) is 11.1 Å². The average Bonchev–Trinajstić information content (AvgIpc) is 3.35. The van der Waals surface area contributed by atoms with Gasteiger partial charge in [0.2, 0.25) is 0 Å². The van der Waals surface area contributed by atoms with Crippen molar-refractivity contribution in [2.45, 2.75) is 26.5 Å². The monoisotopic (exact) mass is 600 g/mol. The van der Waals surface area contributed by atoms with Crippen LogP contribution in [0.3, 0.4) is 0 Å². The van der Waals surface area contributed by atoms with Crippen LogP contribution in [-0.4, -0.2) is 38.0 Å². The van der Waals surface area contributed by atoms with Crippen LogP contribution in [0, 0.1) is 0 Å². The van der Waals surface area contributed by atoms with Crippen molar-refractivity contribution < 1.29 is 28.5 Å². The van der Waals surface area contributed by atoms with E-state index in [0.717, 1.165) is 11.1 Å². The Bertz CT molecular complexity index is 1830. The van der Waals surface area contributed by atoms with Crippen molar-refractivity contribution in [2.24, 2.45) is 4.99 Å². The minimum Gasteiger partial charge on any atom is -0.493 e. The normalized spacial score (nSPS) is 14.3. The lowest BCUT2D eigenvalue weighted by molar-refractivity contribution is -0.136. The van der Waals surface area contributed by atoms with Crippen molar-refractivity contribution in [3.8, 4) is 23.0 Å². The Balaban J connectivity index is 1.54. The van der Waals surface area contributed by atoms with Crippen molar-refractivity contribution >= 4 is 23.4 Å². The van der Waals surface area contributed by atoms with E-state index in [0.29, 0.717) is 57.7 Å². The summed E-state index contributed by atoms with van der Waals surface area (Å²) in [6.45, 7) is 5.05. The summed E-state index contributed by atoms with van der Waals surface area (Å²) < 4.78 is 30.1. The van der Waals surface area contributed by atoms with Gasteiger partial charge in [-0.3, -0.25) is 9.36 Å². The minimum absolute atomic E-state index is 0.231. The predicted octanol–water partition coefficient (Wildman–Crippen LogP) is 4.40. The van der Waals surface area contributed by atoms with Crippen molar-refractivity contribution in [3.63, 3.8) is 0 Å². The van der Waals surface area contributed by atoms with Gasteiger partial charge in [0.05, 0.1) is 43.6 Å². The lowest BCUT2D eigenvalue weighted by Crippen LogP contribution is -2.39. The number of carbonyl (C=O) groups excluding carboxylic acids is 1. The number of thiazole rings is 1. The second-order valence-electron chi connectivity index (χ2n) is 9.43. The first-order valence-corrected chi connectivity index (χ1v) is 14.6. The number of rotatable bonds is 11. The molecule has 0 amide bonds. The van der Waals surface area contributed by atoms with E-state index in [9.17, 15) is 9.59 Å². The zero-order valence-electron chi connectivity index (χ0n) is 24.4. The Hall–Kier alpha value is -4.83. The molecule has 4 aromatic rings. The van der Waals surface area contributed by atoms with E-state index in [1.165, 1.54) is 29.2 Å². The molecule has 0 saturated carbocycles. The highest BCUT2D eigenvalue weighted by atomic mass is 32.1. The molecule has 1 aliphatic rings. The Morgan fingerprint density at radius 3 is 2.35 bits per heavy atom. The zero-order chi connectivity index (χ0) is 30.3. The quantitative estimate of drug-likeness (QED) is 0.236. The standard InChI is InChI=1S/C33H32N2O7S/c1-5-40-26-15-13-23(18-28(26)41-6-2)30-24(32(37)39-4)19-34-33-35(30)31(36)29(43-33)17-22-12-14-25(27(16-22)38-3)42-20-21-10-8-7-9-11-21/h7-19,30H,5-6,20H2,1-4H3/b29-17-/t30-/m1/s1. The Morgan fingerprint density at radius 2 is 1.63 bits per heavy atom. The van der Waals surface area contributed by atoms with E-state index < -0.39 is 12.0 Å². The molecule has 0 spiro atoms. The van der Waals surface area contributed by atoms with Crippen molar-refractivity contribution in [1.29, 1.82) is 0 Å². The van der Waals surface area contributed by atoms with Gasteiger partial charge in [0.1, 0.15) is 6.61 Å². The molecule has 3 aromatic carbocycles. The summed E-state index contributed by atoms with van der Waals surface area (Å²) in [4.78, 5) is 31.7. The van der Waals surface area contributed by atoms with Crippen LogP contribution in [0.15, 0.2) is 88.3 Å². The van der Waals surface area contributed by atoms with Gasteiger partial charge in [-0.1, -0.05) is 53.8 Å². The number of hydrogen-bond donors (Lipinski definition) is 0. The lowest BCUT2D eigenvalue weighted by atomic mass is 9.97. The molecule has 43 heavy (non-hydrogen) atoms. The Kier molecular flexibility index (Phi) is 9.26.